The van der Waals surface area contributed by atoms with Crippen molar-refractivity contribution in [3.63, 3.8) is 0 Å². The Labute approximate surface area is 57.7 Å². The monoisotopic (exact) mass is 140 g/mol. The van der Waals surface area contributed by atoms with Crippen molar-refractivity contribution in [2.75, 3.05) is 0 Å². The van der Waals surface area contributed by atoms with E-state index in [1.54, 1.807) is 12.1 Å². The maximum atomic E-state index is 12.4. The molecule has 1 aromatic carbocycles. The molecule has 0 amide bonds. The number of nitroso groups, excluding NO2 is 1. The fourth-order valence-corrected chi connectivity index (χ4v) is 0.742. The summed E-state index contributed by atoms with van der Waals surface area (Å²) in [5, 5.41) is 1.71. The van der Waals surface area contributed by atoms with Gasteiger partial charge in [0.1, 0.15) is 5.82 Å². The Morgan fingerprint density at radius 1 is 1.50 bits per heavy atom. The molecule has 0 unspecified atom stereocenters. The van der Waals surface area contributed by atoms with E-state index in [-0.39, 0.29) is 5.82 Å². The van der Waals surface area contributed by atoms with E-state index in [0.29, 0.717) is 11.3 Å². The van der Waals surface area contributed by atoms with Crippen LogP contribution in [0.15, 0.2) is 18.2 Å². The molecular weight excluding hydrogens is 133 g/mol. The number of nitrogens with one attached hydrogen (secondary N) is 1. The molecule has 0 saturated heterocycles. The lowest BCUT2D eigenvalue weighted by molar-refractivity contribution is -0.380. The molecular formula is C7H7FNO+. The average Bonchev–Trinajstić information content (AvgIpc) is 1.88. The van der Waals surface area contributed by atoms with Crippen molar-refractivity contribution in [3.05, 3.63) is 34.5 Å². The lowest BCUT2D eigenvalue weighted by Gasteiger charge is -1.89. The van der Waals surface area contributed by atoms with Gasteiger partial charge in [-0.2, -0.15) is 0 Å². The second-order valence-electron chi connectivity index (χ2n) is 2.06. The van der Waals surface area contributed by atoms with Crippen LogP contribution in [-0.4, -0.2) is 0 Å². The predicted molar refractivity (Wildman–Crippen MR) is 35.1 cm³/mol. The van der Waals surface area contributed by atoms with Crippen LogP contribution in [0.25, 0.3) is 0 Å². The van der Waals surface area contributed by atoms with Crippen LogP contribution in [0.2, 0.25) is 0 Å². The highest BCUT2D eigenvalue weighted by Gasteiger charge is 2.03. The van der Waals surface area contributed by atoms with E-state index >= 15 is 0 Å². The normalized spacial score (nSPS) is 9.40. The van der Waals surface area contributed by atoms with Gasteiger partial charge >= 0.3 is 0 Å². The number of benzene rings is 1. The summed E-state index contributed by atoms with van der Waals surface area (Å²) in [6.07, 6.45) is 0. The zero-order chi connectivity index (χ0) is 7.56. The van der Waals surface area contributed by atoms with Gasteiger partial charge in [-0.25, -0.2) is 4.39 Å². The summed E-state index contributed by atoms with van der Waals surface area (Å²) in [6, 6.07) is 3.96. The quantitative estimate of drug-likeness (QED) is 0.608. The maximum absolute atomic E-state index is 12.4. The highest BCUT2D eigenvalue weighted by Crippen LogP contribution is 2.08. The molecule has 0 heterocycles. The molecule has 1 rings (SSSR count). The minimum atomic E-state index is -0.323. The van der Waals surface area contributed by atoms with Crippen molar-refractivity contribution < 1.29 is 9.57 Å². The molecule has 0 atom stereocenters. The van der Waals surface area contributed by atoms with Crippen LogP contribution in [0.1, 0.15) is 5.56 Å². The van der Waals surface area contributed by atoms with Gasteiger partial charge in [-0.3, -0.25) is 0 Å². The number of halogens is 1. The molecule has 1 N–H and O–H groups in total. The van der Waals surface area contributed by atoms with Crippen LogP contribution < -0.4 is 5.18 Å². The third-order valence-corrected chi connectivity index (χ3v) is 1.30. The number of hydrogen-bond acceptors (Lipinski definition) is 1. The summed E-state index contributed by atoms with van der Waals surface area (Å²) in [7, 11) is 0. The predicted octanol–water partition coefficient (Wildman–Crippen LogP) is 0.613. The fourth-order valence-electron chi connectivity index (χ4n) is 0.742. The zero-order valence-electron chi connectivity index (χ0n) is 5.52. The third-order valence-electron chi connectivity index (χ3n) is 1.30. The molecule has 52 valence electrons. The first-order valence-corrected chi connectivity index (χ1v) is 2.88. The van der Waals surface area contributed by atoms with E-state index in [1.165, 1.54) is 18.2 Å². The maximum Gasteiger partial charge on any atom is 0.256 e. The number of rotatable bonds is 1. The van der Waals surface area contributed by atoms with Crippen molar-refractivity contribution in [2.45, 2.75) is 6.92 Å². The summed E-state index contributed by atoms with van der Waals surface area (Å²) in [5.41, 5.74) is 1.04. The average molecular weight is 140 g/mol. The smallest absolute Gasteiger partial charge is 0.207 e. The van der Waals surface area contributed by atoms with Crippen LogP contribution in [-0.2, 0) is 0 Å². The molecule has 0 aliphatic heterocycles. The lowest BCUT2D eigenvalue weighted by Crippen LogP contribution is -2.56. The van der Waals surface area contributed by atoms with Crippen molar-refractivity contribution >= 4 is 5.69 Å². The summed E-state index contributed by atoms with van der Waals surface area (Å²) >= 11 is 0. The van der Waals surface area contributed by atoms with Crippen molar-refractivity contribution in [3.8, 4) is 0 Å². The van der Waals surface area contributed by atoms with Gasteiger partial charge in [-0.05, 0) is 19.1 Å². The van der Waals surface area contributed by atoms with Gasteiger partial charge in [0.25, 0.3) is 5.69 Å². The van der Waals surface area contributed by atoms with Gasteiger partial charge in [0.2, 0.25) is 0 Å². The zero-order valence-corrected chi connectivity index (χ0v) is 5.52. The Morgan fingerprint density at radius 3 is 2.70 bits per heavy atom. The van der Waals surface area contributed by atoms with Crippen molar-refractivity contribution in [2.24, 2.45) is 0 Å². The van der Waals surface area contributed by atoms with Gasteiger partial charge in [-0.15, -0.1) is 0 Å². The summed E-state index contributed by atoms with van der Waals surface area (Å²) in [4.78, 5) is 10.1. The molecule has 0 spiro atoms. The topological polar surface area (TPSA) is 31.0 Å². The Morgan fingerprint density at radius 2 is 2.20 bits per heavy atom. The second kappa shape index (κ2) is 2.56. The first-order valence-electron chi connectivity index (χ1n) is 2.88. The van der Waals surface area contributed by atoms with Crippen molar-refractivity contribution in [1.29, 1.82) is 0 Å². The summed E-state index contributed by atoms with van der Waals surface area (Å²) < 4.78 is 12.4. The van der Waals surface area contributed by atoms with E-state index in [4.69, 9.17) is 0 Å². The van der Waals surface area contributed by atoms with E-state index in [1.807, 2.05) is 0 Å². The first-order chi connectivity index (χ1) is 4.74. The molecule has 10 heavy (non-hydrogen) atoms. The van der Waals surface area contributed by atoms with Crippen LogP contribution in [0.4, 0.5) is 10.1 Å². The molecule has 0 radical (unpaired) electrons. The molecule has 0 saturated carbocycles. The lowest BCUT2D eigenvalue weighted by atomic mass is 10.2. The van der Waals surface area contributed by atoms with Crippen LogP contribution in [0.5, 0.6) is 0 Å². The highest BCUT2D eigenvalue weighted by atomic mass is 19.1. The summed E-state index contributed by atoms with van der Waals surface area (Å²) in [5.74, 6) is -0.323. The molecule has 0 aliphatic rings. The molecule has 2 nitrogen and oxygen atoms in total. The highest BCUT2D eigenvalue weighted by molar-refractivity contribution is 5.37. The van der Waals surface area contributed by atoms with Crippen LogP contribution in [0.3, 0.4) is 0 Å². The molecule has 0 fully saturated rings. The largest absolute Gasteiger partial charge is 0.256 e. The molecule has 0 aliphatic carbocycles. The second-order valence-corrected chi connectivity index (χ2v) is 2.06. The van der Waals surface area contributed by atoms with Gasteiger partial charge in [0.05, 0.1) is 0 Å². The molecule has 3 heteroatoms. The minimum Gasteiger partial charge on any atom is -0.207 e. The minimum absolute atomic E-state index is 0.323. The Kier molecular flexibility index (Phi) is 1.76. The van der Waals surface area contributed by atoms with Crippen LogP contribution >= 0.6 is 0 Å². The SMILES string of the molecule is Cc1cc(F)ccc1[NH+]=O. The van der Waals surface area contributed by atoms with Crippen LogP contribution in [0, 0.1) is 17.6 Å². The Hall–Kier alpha value is -1.25. The molecule has 1 aromatic rings. The van der Waals surface area contributed by atoms with Gasteiger partial charge in [-0.1, -0.05) is 0 Å². The molecule has 0 aromatic heterocycles. The summed E-state index contributed by atoms with van der Waals surface area (Å²) in [6.45, 7) is 1.67. The van der Waals surface area contributed by atoms with E-state index in [2.05, 4.69) is 0 Å². The third kappa shape index (κ3) is 1.18. The van der Waals surface area contributed by atoms with E-state index in [9.17, 15) is 9.30 Å². The van der Waals surface area contributed by atoms with Crippen molar-refractivity contribution in [1.82, 2.24) is 0 Å². The number of aryl methyl sites for hydroxylation is 1. The van der Waals surface area contributed by atoms with E-state index in [0.717, 1.165) is 0 Å². The fraction of sp³-hybridized carbons (Fsp3) is 0.143. The van der Waals surface area contributed by atoms with Gasteiger partial charge < -0.3 is 0 Å². The van der Waals surface area contributed by atoms with E-state index < -0.39 is 0 Å². The van der Waals surface area contributed by atoms with Gasteiger partial charge in [0, 0.05) is 21.7 Å². The van der Waals surface area contributed by atoms with Gasteiger partial charge in [0.15, 0.2) is 0 Å². The first kappa shape index (κ1) is 6.86. The number of hydrogen-bond donors (Lipinski definition) is 1. The Balaban J connectivity index is 3.19. The Bertz CT molecular complexity index is 260. The standard InChI is InChI=1S/C7H6FNO/c1-5-4-6(8)2-3-7(5)9-10/h2-4H,1H3/p+1. The molecule has 0 bridgehead atoms.